The monoisotopic (exact) mass is 451 g/mol. The van der Waals surface area contributed by atoms with Crippen LogP contribution in [0, 0.1) is 5.92 Å². The van der Waals surface area contributed by atoms with E-state index in [0.29, 0.717) is 5.91 Å². The first-order chi connectivity index (χ1) is 15.5. The van der Waals surface area contributed by atoms with Crippen LogP contribution < -0.4 is 0 Å². The summed E-state index contributed by atoms with van der Waals surface area (Å²) in [5.74, 6) is 0.503. The predicted molar refractivity (Wildman–Crippen MR) is 133 cm³/mol. The Hall–Kier alpha value is -2.30. The molecule has 1 saturated heterocycles. The first-order valence-corrected chi connectivity index (χ1v) is 12.2. The third-order valence-electron chi connectivity index (χ3n) is 6.70. The number of likely N-dealkylation sites (tertiary alicyclic amines) is 1. The van der Waals surface area contributed by atoms with Crippen molar-refractivity contribution in [3.8, 4) is 0 Å². The molecule has 2 aromatic carbocycles. The van der Waals surface area contributed by atoms with E-state index in [9.17, 15) is 4.79 Å². The van der Waals surface area contributed by atoms with Gasteiger partial charge in [0.15, 0.2) is 0 Å². The van der Waals surface area contributed by atoms with Crippen molar-refractivity contribution in [1.82, 2.24) is 14.4 Å². The number of carbonyl (C=O) groups excluding carboxylic acids is 1. The summed E-state index contributed by atoms with van der Waals surface area (Å²) >= 11 is 6.09. The summed E-state index contributed by atoms with van der Waals surface area (Å²) in [5, 5.41) is 2.04. The van der Waals surface area contributed by atoms with Gasteiger partial charge in [0.2, 0.25) is 5.91 Å². The third kappa shape index (κ3) is 5.36. The molecule has 1 aliphatic rings. The fourth-order valence-electron chi connectivity index (χ4n) is 4.74. The van der Waals surface area contributed by atoms with Crippen molar-refractivity contribution in [1.29, 1.82) is 0 Å². The number of aromatic nitrogens is 1. The molecule has 0 saturated carbocycles. The van der Waals surface area contributed by atoms with Crippen LogP contribution in [0.4, 0.5) is 0 Å². The second-order valence-electron chi connectivity index (χ2n) is 9.07. The summed E-state index contributed by atoms with van der Waals surface area (Å²) in [7, 11) is 1.96. The summed E-state index contributed by atoms with van der Waals surface area (Å²) in [5.41, 5.74) is 3.84. The number of unbranched alkanes of at least 4 members (excludes halogenated alkanes) is 1. The summed E-state index contributed by atoms with van der Waals surface area (Å²) in [6, 6.07) is 19.0. The number of benzene rings is 2. The maximum Gasteiger partial charge on any atom is 0.225 e. The van der Waals surface area contributed by atoms with Crippen molar-refractivity contribution < 1.29 is 4.79 Å². The average molecular weight is 452 g/mol. The lowest BCUT2D eigenvalue weighted by atomic mass is 9.95. The molecule has 1 aromatic heterocycles. The molecular weight excluding hydrogens is 418 g/mol. The average Bonchev–Trinajstić information content (AvgIpc) is 3.15. The zero-order chi connectivity index (χ0) is 22.5. The van der Waals surface area contributed by atoms with Crippen LogP contribution in [0.15, 0.2) is 54.6 Å². The predicted octanol–water partition coefficient (Wildman–Crippen LogP) is 5.81. The lowest BCUT2D eigenvalue weighted by Gasteiger charge is -2.33. The lowest BCUT2D eigenvalue weighted by Crippen LogP contribution is -2.41. The molecule has 5 heteroatoms. The fraction of sp³-hybridized carbons (Fsp3) is 0.444. The van der Waals surface area contributed by atoms with Gasteiger partial charge >= 0.3 is 0 Å². The molecule has 4 rings (SSSR count). The van der Waals surface area contributed by atoms with Crippen molar-refractivity contribution in [2.75, 3.05) is 26.7 Å². The summed E-state index contributed by atoms with van der Waals surface area (Å²) in [4.78, 5) is 17.2. The smallest absolute Gasteiger partial charge is 0.225 e. The van der Waals surface area contributed by atoms with Crippen molar-refractivity contribution in [2.45, 2.75) is 45.7 Å². The molecule has 0 aliphatic carbocycles. The summed E-state index contributed by atoms with van der Waals surface area (Å²) < 4.78 is 2.42. The maximum atomic E-state index is 12.8. The zero-order valence-corrected chi connectivity index (χ0v) is 20.0. The number of hydrogen-bond donors (Lipinski definition) is 0. The largest absolute Gasteiger partial charge is 0.346 e. The highest BCUT2D eigenvalue weighted by Crippen LogP contribution is 2.26. The van der Waals surface area contributed by atoms with Crippen LogP contribution in [0.5, 0.6) is 0 Å². The van der Waals surface area contributed by atoms with Gasteiger partial charge in [-0.1, -0.05) is 55.3 Å². The number of halogens is 1. The Morgan fingerprint density at radius 2 is 1.78 bits per heavy atom. The van der Waals surface area contributed by atoms with E-state index in [-0.39, 0.29) is 5.92 Å². The number of hydrogen-bond acceptors (Lipinski definition) is 2. The first kappa shape index (κ1) is 22.9. The lowest BCUT2D eigenvalue weighted by molar-refractivity contribution is -0.135. The Bertz CT molecular complexity index is 1030. The van der Waals surface area contributed by atoms with Gasteiger partial charge < -0.3 is 9.47 Å². The first-order valence-electron chi connectivity index (χ1n) is 11.8. The minimum atomic E-state index is 0.174. The number of rotatable bonds is 8. The highest BCUT2D eigenvalue weighted by Gasteiger charge is 2.27. The molecule has 3 aromatic rings. The van der Waals surface area contributed by atoms with E-state index in [1.54, 1.807) is 0 Å². The van der Waals surface area contributed by atoms with Gasteiger partial charge in [0.1, 0.15) is 0 Å². The van der Waals surface area contributed by atoms with E-state index in [2.05, 4.69) is 58.9 Å². The molecule has 1 amide bonds. The molecule has 0 atom stereocenters. The van der Waals surface area contributed by atoms with Gasteiger partial charge in [-0.25, -0.2) is 0 Å². The van der Waals surface area contributed by atoms with E-state index >= 15 is 0 Å². The van der Waals surface area contributed by atoms with E-state index in [0.717, 1.165) is 63.4 Å². The molecule has 0 unspecified atom stereocenters. The van der Waals surface area contributed by atoms with Gasteiger partial charge in [0, 0.05) is 48.8 Å². The van der Waals surface area contributed by atoms with Gasteiger partial charge in [-0.3, -0.25) is 9.69 Å². The van der Waals surface area contributed by atoms with Crippen LogP contribution in [0.3, 0.4) is 0 Å². The molecule has 0 bridgehead atoms. The quantitative estimate of drug-likeness (QED) is 0.432. The second kappa shape index (κ2) is 10.5. The Kier molecular flexibility index (Phi) is 7.54. The van der Waals surface area contributed by atoms with E-state index in [1.807, 2.05) is 24.1 Å². The number of piperidine rings is 1. The Labute approximate surface area is 196 Å². The van der Waals surface area contributed by atoms with E-state index in [4.69, 9.17) is 11.6 Å². The second-order valence-corrected chi connectivity index (χ2v) is 9.51. The van der Waals surface area contributed by atoms with Gasteiger partial charge in [0.05, 0.1) is 0 Å². The summed E-state index contributed by atoms with van der Waals surface area (Å²) in [6.45, 7) is 6.73. The van der Waals surface area contributed by atoms with Crippen molar-refractivity contribution in [2.24, 2.45) is 5.92 Å². The Morgan fingerprint density at radius 1 is 1.06 bits per heavy atom. The molecule has 4 nitrogen and oxygen atoms in total. The molecule has 1 fully saturated rings. The molecule has 0 radical (unpaired) electrons. The van der Waals surface area contributed by atoms with Crippen molar-refractivity contribution in [3.63, 3.8) is 0 Å². The molecular formula is C27H34ClN3O. The van der Waals surface area contributed by atoms with Gasteiger partial charge in [0.25, 0.3) is 0 Å². The van der Waals surface area contributed by atoms with Crippen molar-refractivity contribution in [3.05, 3.63) is 70.9 Å². The minimum Gasteiger partial charge on any atom is -0.346 e. The molecule has 1 aliphatic heterocycles. The topological polar surface area (TPSA) is 28.5 Å². The molecule has 170 valence electrons. The highest BCUT2D eigenvalue weighted by molar-refractivity contribution is 6.30. The Balaban J connectivity index is 1.44. The maximum absolute atomic E-state index is 12.8. The third-order valence-corrected chi connectivity index (χ3v) is 6.95. The van der Waals surface area contributed by atoms with Crippen LogP contribution >= 0.6 is 11.6 Å². The number of fused-ring (bicyclic) bond motifs is 1. The molecule has 0 N–H and O–H groups in total. The van der Waals surface area contributed by atoms with Crippen LogP contribution in [0.25, 0.3) is 10.9 Å². The minimum absolute atomic E-state index is 0.174. The fourth-order valence-corrected chi connectivity index (χ4v) is 4.87. The van der Waals surface area contributed by atoms with Gasteiger partial charge in [-0.05, 0) is 67.6 Å². The van der Waals surface area contributed by atoms with Crippen LogP contribution in [0.1, 0.15) is 43.9 Å². The SMILES string of the molecule is CCCCN(C)C(=O)C1CCN(Cc2cc3ccccc3n2Cc2ccc(Cl)cc2)CC1. The van der Waals surface area contributed by atoms with Crippen LogP contribution in [-0.4, -0.2) is 47.0 Å². The molecule has 2 heterocycles. The van der Waals surface area contributed by atoms with Crippen LogP contribution in [0.2, 0.25) is 5.02 Å². The van der Waals surface area contributed by atoms with Gasteiger partial charge in [-0.15, -0.1) is 0 Å². The van der Waals surface area contributed by atoms with Crippen LogP contribution in [-0.2, 0) is 17.9 Å². The normalized spacial score (nSPS) is 15.3. The van der Waals surface area contributed by atoms with E-state index < -0.39 is 0 Å². The number of para-hydroxylation sites is 1. The standard InChI is InChI=1S/C27H34ClN3O/c1-3-4-15-29(2)27(32)22-13-16-30(17-14-22)20-25-18-23-7-5-6-8-26(23)31(25)19-21-9-11-24(28)12-10-21/h5-12,18,22H,3-4,13-17,19-20H2,1-2H3. The van der Waals surface area contributed by atoms with Gasteiger partial charge in [-0.2, -0.15) is 0 Å². The molecule has 0 spiro atoms. The Morgan fingerprint density at radius 3 is 2.50 bits per heavy atom. The number of nitrogens with zero attached hydrogens (tertiary/aromatic N) is 3. The number of amides is 1. The van der Waals surface area contributed by atoms with Crippen molar-refractivity contribution >= 4 is 28.4 Å². The summed E-state index contributed by atoms with van der Waals surface area (Å²) in [6.07, 6.45) is 4.11. The zero-order valence-electron chi connectivity index (χ0n) is 19.3. The van der Waals surface area contributed by atoms with E-state index in [1.165, 1.54) is 22.2 Å². The molecule has 32 heavy (non-hydrogen) atoms. The number of carbonyl (C=O) groups is 1. The highest BCUT2D eigenvalue weighted by atomic mass is 35.5.